The van der Waals surface area contributed by atoms with Crippen LogP contribution in [0.1, 0.15) is 20.8 Å². The molecule has 0 bridgehead atoms. The van der Waals surface area contributed by atoms with Gasteiger partial charge in [-0.25, -0.2) is 0 Å². The van der Waals surface area contributed by atoms with E-state index in [1.54, 1.807) is 0 Å². The lowest BCUT2D eigenvalue weighted by Gasteiger charge is -2.15. The zero-order chi connectivity index (χ0) is 7.28. The summed E-state index contributed by atoms with van der Waals surface area (Å²) in [5, 5.41) is 0. The molecule has 0 saturated heterocycles. The van der Waals surface area contributed by atoms with Crippen molar-refractivity contribution in [1.82, 2.24) is 0 Å². The van der Waals surface area contributed by atoms with Gasteiger partial charge < -0.3 is 10.5 Å². The van der Waals surface area contributed by atoms with Gasteiger partial charge in [-0.2, -0.15) is 0 Å². The minimum atomic E-state index is 0.341. The molecule has 0 radical (unpaired) electrons. The molecule has 2 nitrogen and oxygen atoms in total. The molecule has 0 heterocycles. The summed E-state index contributed by atoms with van der Waals surface area (Å²) >= 11 is 0. The average Bonchev–Trinajstić information content (AvgIpc) is 1.82. The highest BCUT2D eigenvalue weighted by Crippen LogP contribution is 2.03. The molecule has 0 aromatic heterocycles. The van der Waals surface area contributed by atoms with E-state index < -0.39 is 0 Å². The number of hydrogen-bond acceptors (Lipinski definition) is 2. The van der Waals surface area contributed by atoms with E-state index in [2.05, 4.69) is 20.8 Å². The second-order valence-electron chi connectivity index (χ2n) is 2.61. The van der Waals surface area contributed by atoms with E-state index in [0.29, 0.717) is 25.2 Å². The van der Waals surface area contributed by atoms with Gasteiger partial charge in [0.25, 0.3) is 0 Å². The lowest BCUT2D eigenvalue weighted by molar-refractivity contribution is 0.0406. The molecule has 2 N–H and O–H groups in total. The molecular weight excluding hydrogens is 114 g/mol. The van der Waals surface area contributed by atoms with Crippen LogP contribution in [0.2, 0.25) is 0 Å². The van der Waals surface area contributed by atoms with Crippen molar-refractivity contribution in [2.75, 3.05) is 13.2 Å². The third-order valence-electron chi connectivity index (χ3n) is 1.44. The van der Waals surface area contributed by atoms with Crippen molar-refractivity contribution < 1.29 is 4.74 Å². The zero-order valence-electron chi connectivity index (χ0n) is 6.55. The molecule has 2 heteroatoms. The van der Waals surface area contributed by atoms with Gasteiger partial charge in [-0.15, -0.1) is 0 Å². The highest BCUT2D eigenvalue weighted by Gasteiger charge is 2.04. The molecule has 1 atom stereocenters. The van der Waals surface area contributed by atoms with Gasteiger partial charge in [0.15, 0.2) is 0 Å². The van der Waals surface area contributed by atoms with Gasteiger partial charge in [-0.05, 0) is 12.8 Å². The van der Waals surface area contributed by atoms with Crippen molar-refractivity contribution in [3.8, 4) is 0 Å². The van der Waals surface area contributed by atoms with Crippen LogP contribution in [0.15, 0.2) is 0 Å². The minimum Gasteiger partial charge on any atom is -0.377 e. The molecule has 9 heavy (non-hydrogen) atoms. The van der Waals surface area contributed by atoms with Crippen LogP contribution in [0.25, 0.3) is 0 Å². The smallest absolute Gasteiger partial charge is 0.0592 e. The van der Waals surface area contributed by atoms with Crippen molar-refractivity contribution in [3.05, 3.63) is 0 Å². The highest BCUT2D eigenvalue weighted by atomic mass is 16.5. The fraction of sp³-hybridized carbons (Fsp3) is 1.00. The number of nitrogens with two attached hydrogens (primary N) is 1. The maximum Gasteiger partial charge on any atom is 0.0592 e. The van der Waals surface area contributed by atoms with Gasteiger partial charge in [0.05, 0.1) is 12.7 Å². The SMILES string of the molecule is CC(C)C(C)OCCN. The predicted molar refractivity (Wildman–Crippen MR) is 39.3 cm³/mol. The minimum absolute atomic E-state index is 0.341. The first kappa shape index (κ1) is 8.92. The molecule has 0 aliphatic rings. The Balaban J connectivity index is 3.16. The molecule has 0 saturated carbocycles. The Morgan fingerprint density at radius 3 is 2.22 bits per heavy atom. The number of ether oxygens (including phenoxy) is 1. The Morgan fingerprint density at radius 2 is 1.89 bits per heavy atom. The fourth-order valence-electron chi connectivity index (χ4n) is 0.446. The number of hydrogen-bond donors (Lipinski definition) is 1. The molecule has 0 aliphatic heterocycles. The molecule has 0 rings (SSSR count). The van der Waals surface area contributed by atoms with Crippen LogP contribution in [-0.4, -0.2) is 19.3 Å². The Morgan fingerprint density at radius 1 is 1.33 bits per heavy atom. The predicted octanol–water partition coefficient (Wildman–Crippen LogP) is 1.01. The summed E-state index contributed by atoms with van der Waals surface area (Å²) in [5.74, 6) is 0.594. The van der Waals surface area contributed by atoms with Crippen molar-refractivity contribution >= 4 is 0 Å². The molecule has 0 aromatic carbocycles. The Bertz CT molecular complexity index is 63.9. The Hall–Kier alpha value is -0.0800. The molecule has 0 amide bonds. The standard InChI is InChI=1S/C7H17NO/c1-6(2)7(3)9-5-4-8/h6-7H,4-5,8H2,1-3H3. The van der Waals surface area contributed by atoms with Crippen molar-refractivity contribution in [1.29, 1.82) is 0 Å². The van der Waals surface area contributed by atoms with E-state index in [0.717, 1.165) is 0 Å². The second-order valence-corrected chi connectivity index (χ2v) is 2.61. The van der Waals surface area contributed by atoms with Crippen LogP contribution < -0.4 is 5.73 Å². The molecule has 0 aliphatic carbocycles. The lowest BCUT2D eigenvalue weighted by atomic mass is 10.1. The van der Waals surface area contributed by atoms with E-state index in [9.17, 15) is 0 Å². The summed E-state index contributed by atoms with van der Waals surface area (Å²) in [6.45, 7) is 7.65. The van der Waals surface area contributed by atoms with Gasteiger partial charge in [-0.3, -0.25) is 0 Å². The highest BCUT2D eigenvalue weighted by molar-refractivity contribution is 4.53. The van der Waals surface area contributed by atoms with Gasteiger partial charge in [0.1, 0.15) is 0 Å². The van der Waals surface area contributed by atoms with E-state index in [4.69, 9.17) is 10.5 Å². The van der Waals surface area contributed by atoms with Crippen molar-refractivity contribution in [2.45, 2.75) is 26.9 Å². The van der Waals surface area contributed by atoms with Crippen LogP contribution in [0.5, 0.6) is 0 Å². The van der Waals surface area contributed by atoms with Gasteiger partial charge in [0, 0.05) is 6.54 Å². The van der Waals surface area contributed by atoms with Gasteiger partial charge in [0.2, 0.25) is 0 Å². The maximum absolute atomic E-state index is 5.33. The summed E-state index contributed by atoms with van der Waals surface area (Å²) < 4.78 is 5.33. The second kappa shape index (κ2) is 4.77. The van der Waals surface area contributed by atoms with Crippen molar-refractivity contribution in [2.24, 2.45) is 11.7 Å². The molecule has 0 fully saturated rings. The molecule has 1 unspecified atom stereocenters. The average molecular weight is 131 g/mol. The molecule has 0 spiro atoms. The summed E-state index contributed by atoms with van der Waals surface area (Å²) in [6.07, 6.45) is 0.341. The van der Waals surface area contributed by atoms with E-state index in [1.165, 1.54) is 0 Å². The Labute approximate surface area is 57.4 Å². The first-order valence-electron chi connectivity index (χ1n) is 3.50. The zero-order valence-corrected chi connectivity index (χ0v) is 6.55. The van der Waals surface area contributed by atoms with Crippen molar-refractivity contribution in [3.63, 3.8) is 0 Å². The summed E-state index contributed by atoms with van der Waals surface area (Å²) in [4.78, 5) is 0. The van der Waals surface area contributed by atoms with Crippen LogP contribution in [0.4, 0.5) is 0 Å². The van der Waals surface area contributed by atoms with Gasteiger partial charge in [-0.1, -0.05) is 13.8 Å². The first-order valence-corrected chi connectivity index (χ1v) is 3.50. The topological polar surface area (TPSA) is 35.2 Å². The van der Waals surface area contributed by atoms with E-state index in [1.807, 2.05) is 0 Å². The van der Waals surface area contributed by atoms with Gasteiger partial charge >= 0.3 is 0 Å². The summed E-state index contributed by atoms with van der Waals surface area (Å²) in [7, 11) is 0. The fourth-order valence-corrected chi connectivity index (χ4v) is 0.446. The molecular formula is C7H17NO. The molecule has 56 valence electrons. The van der Waals surface area contributed by atoms with Crippen LogP contribution in [0.3, 0.4) is 0 Å². The quantitative estimate of drug-likeness (QED) is 0.618. The third-order valence-corrected chi connectivity index (χ3v) is 1.44. The van der Waals surface area contributed by atoms with Crippen LogP contribution in [0, 0.1) is 5.92 Å². The Kier molecular flexibility index (Phi) is 4.72. The first-order chi connectivity index (χ1) is 4.18. The van der Waals surface area contributed by atoms with Crippen LogP contribution >= 0.6 is 0 Å². The normalized spacial score (nSPS) is 14.3. The summed E-state index contributed by atoms with van der Waals surface area (Å²) in [6, 6.07) is 0. The number of rotatable bonds is 4. The lowest BCUT2D eigenvalue weighted by Crippen LogP contribution is -2.19. The molecule has 0 aromatic rings. The third kappa shape index (κ3) is 4.43. The van der Waals surface area contributed by atoms with Crippen LogP contribution in [-0.2, 0) is 4.74 Å². The monoisotopic (exact) mass is 131 g/mol. The van der Waals surface area contributed by atoms with E-state index in [-0.39, 0.29) is 0 Å². The maximum atomic E-state index is 5.33. The van der Waals surface area contributed by atoms with E-state index >= 15 is 0 Å². The largest absolute Gasteiger partial charge is 0.377 e. The summed E-state index contributed by atoms with van der Waals surface area (Å²) in [5.41, 5.74) is 5.25.